The van der Waals surface area contributed by atoms with Crippen LogP contribution in [-0.4, -0.2) is 7.11 Å². The molecule has 1 atom stereocenters. The normalized spacial score (nSPS) is 13.0. The SMILES string of the molecule is COC(C)c1c(F)cc(F)cc1F. The van der Waals surface area contributed by atoms with E-state index in [0.29, 0.717) is 12.1 Å². The van der Waals surface area contributed by atoms with Gasteiger partial charge in [-0.05, 0) is 6.92 Å². The Balaban J connectivity index is 3.20. The maximum absolute atomic E-state index is 13.0. The lowest BCUT2D eigenvalue weighted by Gasteiger charge is -2.11. The number of halogens is 3. The molecule has 0 fully saturated rings. The molecule has 0 aliphatic rings. The molecule has 4 heteroatoms. The average molecular weight is 190 g/mol. The summed E-state index contributed by atoms with van der Waals surface area (Å²) in [6, 6.07) is 1.27. The van der Waals surface area contributed by atoms with E-state index in [1.165, 1.54) is 14.0 Å². The van der Waals surface area contributed by atoms with Crippen molar-refractivity contribution < 1.29 is 17.9 Å². The Bertz CT molecular complexity index is 289. The highest BCUT2D eigenvalue weighted by atomic mass is 19.1. The van der Waals surface area contributed by atoms with E-state index >= 15 is 0 Å². The molecule has 1 aromatic carbocycles. The topological polar surface area (TPSA) is 9.23 Å². The van der Waals surface area contributed by atoms with Crippen molar-refractivity contribution in [3.8, 4) is 0 Å². The molecule has 0 saturated carbocycles. The monoisotopic (exact) mass is 190 g/mol. The first-order chi connectivity index (χ1) is 6.06. The first-order valence-electron chi connectivity index (χ1n) is 3.73. The van der Waals surface area contributed by atoms with Crippen LogP contribution < -0.4 is 0 Å². The maximum atomic E-state index is 13.0. The van der Waals surface area contributed by atoms with E-state index in [4.69, 9.17) is 4.74 Å². The van der Waals surface area contributed by atoms with E-state index in [-0.39, 0.29) is 5.56 Å². The molecular weight excluding hydrogens is 181 g/mol. The first-order valence-corrected chi connectivity index (χ1v) is 3.73. The molecule has 1 nitrogen and oxygen atoms in total. The maximum Gasteiger partial charge on any atom is 0.134 e. The van der Waals surface area contributed by atoms with Crippen molar-refractivity contribution in [3.63, 3.8) is 0 Å². The molecule has 0 spiro atoms. The minimum absolute atomic E-state index is 0.246. The van der Waals surface area contributed by atoms with E-state index < -0.39 is 23.6 Å². The zero-order valence-corrected chi connectivity index (χ0v) is 7.27. The van der Waals surface area contributed by atoms with Crippen molar-refractivity contribution >= 4 is 0 Å². The highest BCUT2D eigenvalue weighted by Gasteiger charge is 2.16. The van der Waals surface area contributed by atoms with Crippen LogP contribution in [0.15, 0.2) is 12.1 Å². The third-order valence-corrected chi connectivity index (χ3v) is 1.80. The average Bonchev–Trinajstić information content (AvgIpc) is 2.02. The van der Waals surface area contributed by atoms with Gasteiger partial charge in [-0.1, -0.05) is 0 Å². The van der Waals surface area contributed by atoms with Crippen LogP contribution >= 0.6 is 0 Å². The quantitative estimate of drug-likeness (QED) is 0.696. The number of hydrogen-bond acceptors (Lipinski definition) is 1. The van der Waals surface area contributed by atoms with Gasteiger partial charge in [0.25, 0.3) is 0 Å². The van der Waals surface area contributed by atoms with Gasteiger partial charge in [0.05, 0.1) is 11.7 Å². The predicted octanol–water partition coefficient (Wildman–Crippen LogP) is 2.81. The second kappa shape index (κ2) is 3.79. The number of hydrogen-bond donors (Lipinski definition) is 0. The summed E-state index contributed by atoms with van der Waals surface area (Å²) in [7, 11) is 1.33. The zero-order valence-electron chi connectivity index (χ0n) is 7.27. The van der Waals surface area contributed by atoms with E-state index in [2.05, 4.69) is 0 Å². The van der Waals surface area contributed by atoms with Crippen LogP contribution in [-0.2, 0) is 4.74 Å². The molecule has 1 rings (SSSR count). The molecule has 0 amide bonds. The van der Waals surface area contributed by atoms with Crippen molar-refractivity contribution in [1.82, 2.24) is 0 Å². The molecule has 0 aromatic heterocycles. The van der Waals surface area contributed by atoms with Gasteiger partial charge in [0, 0.05) is 19.2 Å². The fraction of sp³-hybridized carbons (Fsp3) is 0.333. The van der Waals surface area contributed by atoms with E-state index in [9.17, 15) is 13.2 Å². The summed E-state index contributed by atoms with van der Waals surface area (Å²) in [6.07, 6.45) is -0.722. The summed E-state index contributed by atoms with van der Waals surface area (Å²) in [5.41, 5.74) is -0.246. The Hall–Kier alpha value is -1.03. The van der Waals surface area contributed by atoms with E-state index in [0.717, 1.165) is 0 Å². The van der Waals surface area contributed by atoms with Gasteiger partial charge in [-0.15, -0.1) is 0 Å². The van der Waals surface area contributed by atoms with E-state index in [1.807, 2.05) is 0 Å². The fourth-order valence-electron chi connectivity index (χ4n) is 1.06. The van der Waals surface area contributed by atoms with Crippen molar-refractivity contribution in [2.24, 2.45) is 0 Å². The zero-order chi connectivity index (χ0) is 10.0. The largest absolute Gasteiger partial charge is 0.377 e. The molecule has 0 heterocycles. The van der Waals surface area contributed by atoms with Crippen LogP contribution in [0, 0.1) is 17.5 Å². The minimum Gasteiger partial charge on any atom is -0.377 e. The Labute approximate surface area is 74.1 Å². The summed E-state index contributed by atoms with van der Waals surface area (Å²) < 4.78 is 43.2. The van der Waals surface area contributed by atoms with Crippen molar-refractivity contribution in [3.05, 3.63) is 35.1 Å². The number of benzene rings is 1. The number of rotatable bonds is 2. The second-order valence-electron chi connectivity index (χ2n) is 2.66. The van der Waals surface area contributed by atoms with Gasteiger partial charge in [-0.25, -0.2) is 13.2 Å². The molecule has 0 aliphatic carbocycles. The van der Waals surface area contributed by atoms with Gasteiger partial charge in [-0.3, -0.25) is 0 Å². The van der Waals surface area contributed by atoms with Crippen LogP contribution in [0.4, 0.5) is 13.2 Å². The third kappa shape index (κ3) is 2.01. The fourth-order valence-corrected chi connectivity index (χ4v) is 1.06. The minimum atomic E-state index is -0.929. The molecule has 1 aromatic rings. The molecule has 0 bridgehead atoms. The molecule has 13 heavy (non-hydrogen) atoms. The first kappa shape index (κ1) is 10.1. The summed E-state index contributed by atoms with van der Waals surface area (Å²) in [6.45, 7) is 1.49. The molecule has 0 aliphatic heterocycles. The molecule has 0 radical (unpaired) electrons. The summed E-state index contributed by atoms with van der Waals surface area (Å²) >= 11 is 0. The van der Waals surface area contributed by atoms with Crippen LogP contribution in [0.3, 0.4) is 0 Å². The van der Waals surface area contributed by atoms with Gasteiger partial charge >= 0.3 is 0 Å². The van der Waals surface area contributed by atoms with Crippen LogP contribution in [0.25, 0.3) is 0 Å². The number of methoxy groups -OCH3 is 1. The van der Waals surface area contributed by atoms with Crippen molar-refractivity contribution in [2.45, 2.75) is 13.0 Å². The lowest BCUT2D eigenvalue weighted by Crippen LogP contribution is -2.03. The standard InChI is InChI=1S/C9H9F3O/c1-5(13-2)9-7(11)3-6(10)4-8(9)12/h3-5H,1-2H3. The highest BCUT2D eigenvalue weighted by molar-refractivity contribution is 5.22. The number of ether oxygens (including phenoxy) is 1. The van der Waals surface area contributed by atoms with Crippen molar-refractivity contribution in [2.75, 3.05) is 7.11 Å². The van der Waals surface area contributed by atoms with Gasteiger partial charge in [0.1, 0.15) is 17.5 Å². The lowest BCUT2D eigenvalue weighted by atomic mass is 10.1. The predicted molar refractivity (Wildman–Crippen MR) is 41.7 cm³/mol. The smallest absolute Gasteiger partial charge is 0.134 e. The Morgan fingerprint density at radius 2 is 1.62 bits per heavy atom. The van der Waals surface area contributed by atoms with Crippen LogP contribution in [0.2, 0.25) is 0 Å². The lowest BCUT2D eigenvalue weighted by molar-refractivity contribution is 0.112. The molecule has 72 valence electrons. The molecule has 0 N–H and O–H groups in total. The summed E-state index contributed by atoms with van der Waals surface area (Å²) in [5.74, 6) is -2.78. The Morgan fingerprint density at radius 1 is 1.15 bits per heavy atom. The molecule has 1 unspecified atom stereocenters. The molecular formula is C9H9F3O. The summed E-state index contributed by atoms with van der Waals surface area (Å²) in [4.78, 5) is 0. The van der Waals surface area contributed by atoms with Gasteiger partial charge in [0.15, 0.2) is 0 Å². The third-order valence-electron chi connectivity index (χ3n) is 1.80. The Morgan fingerprint density at radius 3 is 2.00 bits per heavy atom. The highest BCUT2D eigenvalue weighted by Crippen LogP contribution is 2.23. The summed E-state index contributed by atoms with van der Waals surface area (Å²) in [5, 5.41) is 0. The van der Waals surface area contributed by atoms with Gasteiger partial charge in [-0.2, -0.15) is 0 Å². The second-order valence-corrected chi connectivity index (χ2v) is 2.66. The van der Waals surface area contributed by atoms with Gasteiger partial charge < -0.3 is 4.74 Å². The van der Waals surface area contributed by atoms with E-state index in [1.54, 1.807) is 0 Å². The molecule has 0 saturated heterocycles. The van der Waals surface area contributed by atoms with Crippen LogP contribution in [0.1, 0.15) is 18.6 Å². The van der Waals surface area contributed by atoms with Crippen molar-refractivity contribution in [1.29, 1.82) is 0 Å². The van der Waals surface area contributed by atoms with Crippen LogP contribution in [0.5, 0.6) is 0 Å². The van der Waals surface area contributed by atoms with Gasteiger partial charge in [0.2, 0.25) is 0 Å². The Kier molecular flexibility index (Phi) is 2.93.